The van der Waals surface area contributed by atoms with E-state index in [4.69, 9.17) is 0 Å². The van der Waals surface area contributed by atoms with E-state index in [1.54, 1.807) is 6.20 Å². The zero-order valence-corrected chi connectivity index (χ0v) is 15.7. The number of carbonyl (C=O) groups excluding carboxylic acids is 1. The molecule has 2 fully saturated rings. The van der Waals surface area contributed by atoms with Crippen LogP contribution in [0.25, 0.3) is 6.08 Å². The third kappa shape index (κ3) is 2.55. The monoisotopic (exact) mass is 359 g/mol. The zero-order valence-electron chi connectivity index (χ0n) is 15.7. The van der Waals surface area contributed by atoms with Gasteiger partial charge in [0.1, 0.15) is 5.75 Å². The van der Waals surface area contributed by atoms with Crippen LogP contribution in [0.5, 0.6) is 5.75 Å². The summed E-state index contributed by atoms with van der Waals surface area (Å²) in [5, 5.41) is 9.83. The Balaban J connectivity index is 1.50. The second-order valence-electron chi connectivity index (χ2n) is 8.71. The average Bonchev–Trinajstić information content (AvgIpc) is 2.93. The number of phenols is 1. The van der Waals surface area contributed by atoms with Crippen molar-refractivity contribution < 1.29 is 9.90 Å². The number of phenolic OH excluding ortho intramolecular Hbond substituents is 1. The van der Waals surface area contributed by atoms with Gasteiger partial charge < -0.3 is 5.11 Å². The number of rotatable bonds is 1. The summed E-state index contributed by atoms with van der Waals surface area (Å²) in [6.45, 7) is 2.20. The predicted octanol–water partition coefficient (Wildman–Crippen LogP) is 4.91. The lowest BCUT2D eigenvalue weighted by Gasteiger charge is -2.48. The Hall–Kier alpha value is -2.42. The first-order valence-electron chi connectivity index (χ1n) is 10.0. The van der Waals surface area contributed by atoms with Gasteiger partial charge in [-0.25, -0.2) is 0 Å². The first kappa shape index (κ1) is 16.7. The van der Waals surface area contributed by atoms with Crippen molar-refractivity contribution in [1.29, 1.82) is 0 Å². The van der Waals surface area contributed by atoms with Crippen LogP contribution in [0.1, 0.15) is 55.3 Å². The number of carbonyl (C=O) groups is 1. The molecule has 2 saturated carbocycles. The zero-order chi connectivity index (χ0) is 18.6. The third-order valence-corrected chi connectivity index (χ3v) is 7.36. The number of hydrogen-bond acceptors (Lipinski definition) is 3. The molecule has 3 aliphatic carbocycles. The number of benzene rings is 1. The van der Waals surface area contributed by atoms with Gasteiger partial charge in [-0.15, -0.1) is 0 Å². The van der Waals surface area contributed by atoms with Crippen molar-refractivity contribution >= 4 is 11.9 Å². The molecule has 3 heteroatoms. The standard InChI is InChI=1S/C24H25NO2/c1-24-10-9-20-19-8-6-18(26)13-15(19)5-7-21(20)22(24)14-16(23(24)27)12-17-4-2-3-11-25-17/h2-4,6,8,11-13,20-22,26H,5,7,9-10,14H2,1H3/b16-12+/t20-,21-,22+,24+/m1/s1. The number of ketones is 1. The lowest BCUT2D eigenvalue weighted by Crippen LogP contribution is -2.42. The average molecular weight is 359 g/mol. The summed E-state index contributed by atoms with van der Waals surface area (Å²) in [6, 6.07) is 11.7. The highest BCUT2D eigenvalue weighted by Crippen LogP contribution is 2.60. The van der Waals surface area contributed by atoms with E-state index >= 15 is 0 Å². The van der Waals surface area contributed by atoms with Gasteiger partial charge in [0.15, 0.2) is 5.78 Å². The summed E-state index contributed by atoms with van der Waals surface area (Å²) >= 11 is 0. The summed E-state index contributed by atoms with van der Waals surface area (Å²) in [5.74, 6) is 2.20. The number of hydrogen-bond donors (Lipinski definition) is 1. The first-order valence-corrected chi connectivity index (χ1v) is 10.0. The highest BCUT2D eigenvalue weighted by atomic mass is 16.3. The fraction of sp³-hybridized carbons (Fsp3) is 0.417. The van der Waals surface area contributed by atoms with E-state index < -0.39 is 0 Å². The molecule has 1 N–H and O–H groups in total. The summed E-state index contributed by atoms with van der Waals surface area (Å²) in [5.41, 5.74) is 4.31. The second-order valence-corrected chi connectivity index (χ2v) is 8.71. The molecule has 27 heavy (non-hydrogen) atoms. The van der Waals surface area contributed by atoms with Crippen molar-refractivity contribution in [2.24, 2.45) is 17.3 Å². The smallest absolute Gasteiger partial charge is 0.165 e. The van der Waals surface area contributed by atoms with Crippen LogP contribution in [0.15, 0.2) is 48.2 Å². The quantitative estimate of drug-likeness (QED) is 0.736. The fourth-order valence-corrected chi connectivity index (χ4v) is 6.01. The van der Waals surface area contributed by atoms with Gasteiger partial charge in [-0.2, -0.15) is 0 Å². The third-order valence-electron chi connectivity index (χ3n) is 7.36. The van der Waals surface area contributed by atoms with Crippen molar-refractivity contribution in [3.8, 4) is 5.75 Å². The number of aromatic nitrogens is 1. The van der Waals surface area contributed by atoms with Crippen LogP contribution in [0.3, 0.4) is 0 Å². The Morgan fingerprint density at radius 3 is 2.93 bits per heavy atom. The maximum absolute atomic E-state index is 13.3. The highest BCUT2D eigenvalue weighted by molar-refractivity contribution is 6.05. The number of fused-ring (bicyclic) bond motifs is 5. The van der Waals surface area contributed by atoms with Crippen molar-refractivity contribution in [2.75, 3.05) is 0 Å². The van der Waals surface area contributed by atoms with Gasteiger partial charge in [-0.3, -0.25) is 9.78 Å². The minimum atomic E-state index is -0.226. The molecule has 138 valence electrons. The number of allylic oxidation sites excluding steroid dienone is 1. The highest BCUT2D eigenvalue weighted by Gasteiger charge is 2.56. The molecule has 5 rings (SSSR count). The minimum absolute atomic E-state index is 0.226. The van der Waals surface area contributed by atoms with Crippen molar-refractivity contribution in [2.45, 2.75) is 44.9 Å². The van der Waals surface area contributed by atoms with Gasteiger partial charge in [0.25, 0.3) is 0 Å². The molecule has 0 radical (unpaired) electrons. The van der Waals surface area contributed by atoms with Crippen molar-refractivity contribution in [1.82, 2.24) is 4.98 Å². The number of aromatic hydroxyl groups is 1. The van der Waals surface area contributed by atoms with Gasteiger partial charge in [-0.05, 0) is 96.9 Å². The number of Topliss-reactive ketones (excluding diaryl/α,β-unsaturated/α-hetero) is 1. The summed E-state index contributed by atoms with van der Waals surface area (Å²) in [4.78, 5) is 17.7. The van der Waals surface area contributed by atoms with Gasteiger partial charge in [0.05, 0.1) is 5.69 Å². The van der Waals surface area contributed by atoms with Crippen LogP contribution in [0, 0.1) is 17.3 Å². The summed E-state index contributed by atoms with van der Waals surface area (Å²) < 4.78 is 0. The molecule has 0 spiro atoms. The van der Waals surface area contributed by atoms with Crippen molar-refractivity contribution in [3.63, 3.8) is 0 Å². The maximum atomic E-state index is 13.3. The van der Waals surface area contributed by atoms with E-state index in [0.717, 1.165) is 43.4 Å². The number of pyridine rings is 1. The van der Waals surface area contributed by atoms with E-state index in [9.17, 15) is 9.90 Å². The molecule has 1 aromatic carbocycles. The molecule has 0 unspecified atom stereocenters. The van der Waals surface area contributed by atoms with Gasteiger partial charge in [-0.1, -0.05) is 19.1 Å². The SMILES string of the molecule is C[C@]12CC[C@@H]3c4ccc(O)cc4CC[C@H]3[C@@H]1C/C(=C\c1ccccn1)C2=O. The molecule has 2 aromatic rings. The molecule has 1 aromatic heterocycles. The number of aryl methyl sites for hydroxylation is 1. The fourth-order valence-electron chi connectivity index (χ4n) is 6.01. The Morgan fingerprint density at radius 2 is 2.11 bits per heavy atom. The Labute approximate surface area is 160 Å². The molecule has 0 aliphatic heterocycles. The minimum Gasteiger partial charge on any atom is -0.508 e. The predicted molar refractivity (Wildman–Crippen MR) is 105 cm³/mol. The molecule has 1 heterocycles. The van der Waals surface area contributed by atoms with Gasteiger partial charge in [0, 0.05) is 11.6 Å². The molecule has 3 nitrogen and oxygen atoms in total. The van der Waals surface area contributed by atoms with Crippen LogP contribution < -0.4 is 0 Å². The molecule has 0 bridgehead atoms. The Bertz CT molecular complexity index is 933. The first-order chi connectivity index (χ1) is 13.1. The van der Waals surface area contributed by atoms with Crippen LogP contribution >= 0.6 is 0 Å². The van der Waals surface area contributed by atoms with Crippen LogP contribution in [0.4, 0.5) is 0 Å². The topological polar surface area (TPSA) is 50.2 Å². The maximum Gasteiger partial charge on any atom is 0.165 e. The molecular formula is C24H25NO2. The van der Waals surface area contributed by atoms with E-state index in [1.165, 1.54) is 11.1 Å². The second kappa shape index (κ2) is 6.05. The van der Waals surface area contributed by atoms with Crippen LogP contribution in [-0.2, 0) is 11.2 Å². The Kier molecular flexibility index (Phi) is 3.75. The molecule has 0 amide bonds. The van der Waals surface area contributed by atoms with E-state index in [0.29, 0.717) is 29.3 Å². The Morgan fingerprint density at radius 1 is 1.22 bits per heavy atom. The lowest BCUT2D eigenvalue weighted by atomic mass is 9.55. The van der Waals surface area contributed by atoms with Crippen molar-refractivity contribution in [3.05, 3.63) is 65.0 Å². The van der Waals surface area contributed by atoms with Gasteiger partial charge >= 0.3 is 0 Å². The molecule has 3 aliphatic rings. The van der Waals surface area contributed by atoms with E-state index in [2.05, 4.69) is 18.0 Å². The molecule has 0 saturated heterocycles. The number of nitrogens with zero attached hydrogens (tertiary/aromatic N) is 1. The largest absolute Gasteiger partial charge is 0.508 e. The van der Waals surface area contributed by atoms with Crippen LogP contribution in [0.2, 0.25) is 0 Å². The van der Waals surface area contributed by atoms with Gasteiger partial charge in [0.2, 0.25) is 0 Å². The van der Waals surface area contributed by atoms with E-state index in [-0.39, 0.29) is 5.41 Å². The lowest BCUT2D eigenvalue weighted by molar-refractivity contribution is -0.127. The normalized spacial score (nSPS) is 33.4. The summed E-state index contributed by atoms with van der Waals surface area (Å²) in [7, 11) is 0. The van der Waals surface area contributed by atoms with Crippen LogP contribution in [-0.4, -0.2) is 15.9 Å². The van der Waals surface area contributed by atoms with E-state index in [1.807, 2.05) is 36.4 Å². The molecule has 4 atom stereocenters. The molecular weight excluding hydrogens is 334 g/mol. The summed E-state index contributed by atoms with van der Waals surface area (Å²) in [6.07, 6.45) is 8.81.